The Morgan fingerprint density at radius 2 is 1.87 bits per heavy atom. The standard InChI is InChI=1S/C17H25N3O3/c1-3-10-17(2,18)16(22)20-13-8-6-12(7-9-13)19-15(21)14-5-4-11-23-14/h6-9,14H,3-5,10-11,18H2,1-2H3,(H,19,21)(H,20,22). The molecule has 23 heavy (non-hydrogen) atoms. The van der Waals surface area contributed by atoms with E-state index in [0.29, 0.717) is 24.4 Å². The number of hydrogen-bond acceptors (Lipinski definition) is 4. The van der Waals surface area contributed by atoms with Gasteiger partial charge in [0.2, 0.25) is 5.91 Å². The first-order chi connectivity index (χ1) is 10.9. The van der Waals surface area contributed by atoms with Crippen LogP contribution in [0.1, 0.15) is 39.5 Å². The van der Waals surface area contributed by atoms with Crippen molar-refractivity contribution >= 4 is 23.2 Å². The molecule has 1 heterocycles. The van der Waals surface area contributed by atoms with Crippen molar-refractivity contribution in [3.8, 4) is 0 Å². The van der Waals surface area contributed by atoms with Gasteiger partial charge in [-0.2, -0.15) is 0 Å². The number of amides is 2. The topological polar surface area (TPSA) is 93.5 Å². The molecule has 0 aliphatic carbocycles. The van der Waals surface area contributed by atoms with Crippen LogP contribution in [0.3, 0.4) is 0 Å². The smallest absolute Gasteiger partial charge is 0.253 e. The van der Waals surface area contributed by atoms with Crippen LogP contribution in [0.4, 0.5) is 11.4 Å². The van der Waals surface area contributed by atoms with E-state index in [2.05, 4.69) is 10.6 Å². The minimum atomic E-state index is -0.887. The van der Waals surface area contributed by atoms with Crippen molar-refractivity contribution in [3.63, 3.8) is 0 Å². The minimum absolute atomic E-state index is 0.128. The van der Waals surface area contributed by atoms with Gasteiger partial charge in [-0.3, -0.25) is 9.59 Å². The zero-order valence-corrected chi connectivity index (χ0v) is 13.7. The summed E-state index contributed by atoms with van der Waals surface area (Å²) in [7, 11) is 0. The Morgan fingerprint density at radius 3 is 2.39 bits per heavy atom. The molecule has 6 heteroatoms. The molecule has 1 fully saturated rings. The molecule has 2 atom stereocenters. The van der Waals surface area contributed by atoms with Gasteiger partial charge in [0.1, 0.15) is 6.10 Å². The van der Waals surface area contributed by atoms with Crippen molar-refractivity contribution in [1.29, 1.82) is 0 Å². The van der Waals surface area contributed by atoms with Gasteiger partial charge in [0.25, 0.3) is 5.91 Å². The lowest BCUT2D eigenvalue weighted by atomic mass is 9.96. The van der Waals surface area contributed by atoms with Crippen LogP contribution < -0.4 is 16.4 Å². The highest BCUT2D eigenvalue weighted by molar-refractivity contribution is 5.98. The second-order valence-corrected chi connectivity index (χ2v) is 6.19. The first-order valence-corrected chi connectivity index (χ1v) is 8.05. The molecule has 6 nitrogen and oxygen atoms in total. The van der Waals surface area contributed by atoms with E-state index in [9.17, 15) is 9.59 Å². The average molecular weight is 319 g/mol. The molecule has 1 aromatic rings. The van der Waals surface area contributed by atoms with Crippen LogP contribution in [-0.4, -0.2) is 30.1 Å². The second-order valence-electron chi connectivity index (χ2n) is 6.19. The zero-order chi connectivity index (χ0) is 16.9. The molecule has 1 saturated heterocycles. The molecule has 2 amide bonds. The van der Waals surface area contributed by atoms with Crippen LogP contribution in [0.5, 0.6) is 0 Å². The molecule has 1 aliphatic rings. The molecular formula is C17H25N3O3. The molecule has 4 N–H and O–H groups in total. The van der Waals surface area contributed by atoms with Gasteiger partial charge in [-0.05, 0) is 50.5 Å². The van der Waals surface area contributed by atoms with Crippen molar-refractivity contribution in [3.05, 3.63) is 24.3 Å². The molecule has 2 rings (SSSR count). The molecule has 1 aliphatic heterocycles. The normalized spacial score (nSPS) is 19.9. The van der Waals surface area contributed by atoms with Gasteiger partial charge in [0.15, 0.2) is 0 Å². The van der Waals surface area contributed by atoms with Crippen molar-refractivity contribution < 1.29 is 14.3 Å². The molecule has 2 unspecified atom stereocenters. The van der Waals surface area contributed by atoms with E-state index in [4.69, 9.17) is 10.5 Å². The Labute approximate surface area is 136 Å². The lowest BCUT2D eigenvalue weighted by Crippen LogP contribution is -2.48. The monoisotopic (exact) mass is 319 g/mol. The molecule has 0 aromatic heterocycles. The Bertz CT molecular complexity index is 549. The quantitative estimate of drug-likeness (QED) is 0.750. The van der Waals surface area contributed by atoms with E-state index in [0.717, 1.165) is 19.3 Å². The fourth-order valence-electron chi connectivity index (χ4n) is 2.55. The molecule has 0 bridgehead atoms. The number of carbonyl (C=O) groups excluding carboxylic acids is 2. The van der Waals surface area contributed by atoms with E-state index >= 15 is 0 Å². The number of rotatable bonds is 6. The lowest BCUT2D eigenvalue weighted by Gasteiger charge is -2.22. The van der Waals surface area contributed by atoms with Crippen molar-refractivity contribution in [2.75, 3.05) is 17.2 Å². The Balaban J connectivity index is 1.91. The SMILES string of the molecule is CCCC(C)(N)C(=O)Nc1ccc(NC(=O)C2CCCO2)cc1. The molecule has 1 aromatic carbocycles. The molecule has 126 valence electrons. The number of hydrogen-bond donors (Lipinski definition) is 3. The number of nitrogens with one attached hydrogen (secondary N) is 2. The molecule has 0 spiro atoms. The number of carbonyl (C=O) groups is 2. The summed E-state index contributed by atoms with van der Waals surface area (Å²) in [4.78, 5) is 24.1. The van der Waals surface area contributed by atoms with Gasteiger partial charge in [0, 0.05) is 18.0 Å². The summed E-state index contributed by atoms with van der Waals surface area (Å²) < 4.78 is 5.34. The Kier molecular flexibility index (Phi) is 5.74. The predicted molar refractivity (Wildman–Crippen MR) is 90.2 cm³/mol. The number of ether oxygens (including phenoxy) is 1. The van der Waals surface area contributed by atoms with E-state index in [1.165, 1.54) is 0 Å². The van der Waals surface area contributed by atoms with Gasteiger partial charge in [-0.25, -0.2) is 0 Å². The van der Waals surface area contributed by atoms with Gasteiger partial charge < -0.3 is 21.1 Å². The highest BCUT2D eigenvalue weighted by Gasteiger charge is 2.27. The van der Waals surface area contributed by atoms with Crippen LogP contribution in [0.15, 0.2) is 24.3 Å². The Morgan fingerprint density at radius 1 is 1.26 bits per heavy atom. The number of nitrogens with two attached hydrogens (primary N) is 1. The van der Waals surface area contributed by atoms with E-state index in [1.807, 2.05) is 6.92 Å². The second kappa shape index (κ2) is 7.57. The summed E-state index contributed by atoms with van der Waals surface area (Å²) in [6.45, 7) is 4.35. The summed E-state index contributed by atoms with van der Waals surface area (Å²) in [6.07, 6.45) is 2.77. The summed E-state index contributed by atoms with van der Waals surface area (Å²) in [5, 5.41) is 5.61. The average Bonchev–Trinajstić information content (AvgIpc) is 3.03. The highest BCUT2D eigenvalue weighted by atomic mass is 16.5. The fraction of sp³-hybridized carbons (Fsp3) is 0.529. The van der Waals surface area contributed by atoms with Gasteiger partial charge in [-0.1, -0.05) is 13.3 Å². The van der Waals surface area contributed by atoms with Crippen LogP contribution in [-0.2, 0) is 14.3 Å². The summed E-state index contributed by atoms with van der Waals surface area (Å²) in [5.74, 6) is -0.341. The maximum absolute atomic E-state index is 12.1. The van der Waals surface area contributed by atoms with Gasteiger partial charge >= 0.3 is 0 Å². The summed E-state index contributed by atoms with van der Waals surface area (Å²) in [5.41, 5.74) is 6.44. The first kappa shape index (κ1) is 17.4. The van der Waals surface area contributed by atoms with Crippen LogP contribution >= 0.6 is 0 Å². The predicted octanol–water partition coefficient (Wildman–Crippen LogP) is 2.26. The van der Waals surface area contributed by atoms with Gasteiger partial charge in [0.05, 0.1) is 5.54 Å². The van der Waals surface area contributed by atoms with E-state index < -0.39 is 5.54 Å². The van der Waals surface area contributed by atoms with Gasteiger partial charge in [-0.15, -0.1) is 0 Å². The Hall–Kier alpha value is -1.92. The first-order valence-electron chi connectivity index (χ1n) is 8.05. The van der Waals surface area contributed by atoms with Crippen LogP contribution in [0.25, 0.3) is 0 Å². The third kappa shape index (κ3) is 4.77. The minimum Gasteiger partial charge on any atom is -0.368 e. The lowest BCUT2D eigenvalue weighted by molar-refractivity contribution is -0.124. The maximum atomic E-state index is 12.1. The number of anilines is 2. The maximum Gasteiger partial charge on any atom is 0.253 e. The van der Waals surface area contributed by atoms with Crippen molar-refractivity contribution in [2.24, 2.45) is 5.73 Å². The third-order valence-corrected chi connectivity index (χ3v) is 3.92. The molecular weight excluding hydrogens is 294 g/mol. The highest BCUT2D eigenvalue weighted by Crippen LogP contribution is 2.18. The number of benzene rings is 1. The zero-order valence-electron chi connectivity index (χ0n) is 13.7. The van der Waals surface area contributed by atoms with Crippen LogP contribution in [0, 0.1) is 0 Å². The summed E-state index contributed by atoms with van der Waals surface area (Å²) in [6, 6.07) is 6.97. The largest absolute Gasteiger partial charge is 0.368 e. The van der Waals surface area contributed by atoms with E-state index in [-0.39, 0.29) is 17.9 Å². The van der Waals surface area contributed by atoms with Crippen LogP contribution in [0.2, 0.25) is 0 Å². The van der Waals surface area contributed by atoms with Crippen molar-refractivity contribution in [2.45, 2.75) is 51.2 Å². The molecule has 0 radical (unpaired) electrons. The molecule has 0 saturated carbocycles. The fourth-order valence-corrected chi connectivity index (χ4v) is 2.55. The summed E-state index contributed by atoms with van der Waals surface area (Å²) >= 11 is 0. The van der Waals surface area contributed by atoms with E-state index in [1.54, 1.807) is 31.2 Å². The third-order valence-electron chi connectivity index (χ3n) is 3.92. The van der Waals surface area contributed by atoms with Crippen molar-refractivity contribution in [1.82, 2.24) is 0 Å².